The molecule has 7 nitrogen and oxygen atoms in total. The van der Waals surface area contributed by atoms with Gasteiger partial charge in [-0.2, -0.15) is 5.10 Å². The quantitative estimate of drug-likeness (QED) is 0.638. The number of aliphatic hydroxyl groups excluding tert-OH is 1. The number of amides is 2. The normalized spacial score (nSPS) is 20.0. The third-order valence-electron chi connectivity index (χ3n) is 5.99. The summed E-state index contributed by atoms with van der Waals surface area (Å²) >= 11 is 0. The van der Waals surface area contributed by atoms with Gasteiger partial charge >= 0.3 is 0 Å². The number of fused-ring (bicyclic) bond motifs is 1. The molecule has 0 spiro atoms. The molecule has 1 fully saturated rings. The third kappa shape index (κ3) is 7.40. The standard InChI is InChI=1S/C18H19N3O.C5H9NO2.C2H2.CH2F2/c1-4-13-6-5-7-14(10-13)21-16-9-12(3)11(2)8-15(16)17(20-21)18(19)22;1-6-3-2-4(7)5(6)8;1-2;2-1-3/h1,5-7,10-12H,8-9H2,2-3H3,(H2,19,22);4,7H,2-3H2,1H3;1-2H;1H2/t11?,12-;4-;;/m10../s1. The van der Waals surface area contributed by atoms with Crippen LogP contribution in [0.4, 0.5) is 8.78 Å². The SMILES string of the molecule is C#C.C#Cc1cccc(-n2nc(C(N)=O)c3c2C[C@@H](C)C(C)C3)c1.CN1CC[C@H](O)C1=O.FCF. The smallest absolute Gasteiger partial charge is 0.269 e. The lowest BCUT2D eigenvalue weighted by molar-refractivity contribution is -0.133. The Kier molecular flexibility index (Phi) is 11.6. The largest absolute Gasteiger partial charge is 0.383 e. The number of terminal acetylenes is 2. The molecule has 1 aromatic heterocycles. The Bertz CT molecular complexity index is 1060. The molecular formula is C26H32F2N4O3. The van der Waals surface area contributed by atoms with Gasteiger partial charge in [0.05, 0.1) is 5.69 Å². The summed E-state index contributed by atoms with van der Waals surface area (Å²) in [7, 11) is 1.69. The molecule has 188 valence electrons. The number of aliphatic hydroxyl groups is 1. The minimum absolute atomic E-state index is 0.148. The second-order valence-corrected chi connectivity index (χ2v) is 8.27. The van der Waals surface area contributed by atoms with Crippen LogP contribution in [0.25, 0.3) is 5.69 Å². The first-order valence-electron chi connectivity index (χ1n) is 11.0. The highest BCUT2D eigenvalue weighted by Crippen LogP contribution is 2.33. The van der Waals surface area contributed by atoms with Gasteiger partial charge in [0.1, 0.15) is 6.10 Å². The first-order valence-corrected chi connectivity index (χ1v) is 11.0. The Morgan fingerprint density at radius 3 is 2.31 bits per heavy atom. The predicted octanol–water partition coefficient (Wildman–Crippen LogP) is 2.67. The van der Waals surface area contributed by atoms with Crippen LogP contribution in [0, 0.1) is 37.0 Å². The molecule has 1 unspecified atom stereocenters. The van der Waals surface area contributed by atoms with E-state index in [0.717, 1.165) is 35.3 Å². The van der Waals surface area contributed by atoms with Crippen LogP contribution in [0.15, 0.2) is 24.3 Å². The molecule has 1 aliphatic carbocycles. The van der Waals surface area contributed by atoms with E-state index in [1.54, 1.807) is 7.05 Å². The number of nitrogens with two attached hydrogens (primary N) is 1. The van der Waals surface area contributed by atoms with Crippen LogP contribution in [0.5, 0.6) is 0 Å². The number of nitrogens with zero attached hydrogens (tertiary/aromatic N) is 3. The van der Waals surface area contributed by atoms with Gasteiger partial charge < -0.3 is 15.7 Å². The summed E-state index contributed by atoms with van der Waals surface area (Å²) in [5, 5.41) is 13.3. The minimum atomic E-state index is -1.75. The number of hydrogen-bond acceptors (Lipinski definition) is 4. The van der Waals surface area contributed by atoms with Crippen molar-refractivity contribution in [3.8, 4) is 30.9 Å². The molecule has 1 aromatic carbocycles. The number of aromatic nitrogens is 2. The highest BCUT2D eigenvalue weighted by Gasteiger charge is 2.31. The Morgan fingerprint density at radius 2 is 1.86 bits per heavy atom. The van der Waals surface area contributed by atoms with Crippen LogP contribution in [-0.2, 0) is 17.6 Å². The number of alkyl halides is 2. The van der Waals surface area contributed by atoms with Crippen LogP contribution in [0.3, 0.4) is 0 Å². The van der Waals surface area contributed by atoms with Crippen LogP contribution < -0.4 is 5.73 Å². The van der Waals surface area contributed by atoms with E-state index in [0.29, 0.717) is 30.5 Å². The molecule has 9 heteroatoms. The van der Waals surface area contributed by atoms with E-state index in [2.05, 4.69) is 37.7 Å². The summed E-state index contributed by atoms with van der Waals surface area (Å²) in [6.45, 7) is 3.38. The van der Waals surface area contributed by atoms with Crippen molar-refractivity contribution in [1.29, 1.82) is 0 Å². The maximum absolute atomic E-state index is 11.7. The maximum Gasteiger partial charge on any atom is 0.269 e. The summed E-state index contributed by atoms with van der Waals surface area (Å²) in [6.07, 6.45) is 15.1. The van der Waals surface area contributed by atoms with Gasteiger partial charge in [0.25, 0.3) is 11.8 Å². The molecule has 3 atom stereocenters. The van der Waals surface area contributed by atoms with Gasteiger partial charge in [0.15, 0.2) is 5.69 Å². The molecule has 2 aromatic rings. The van der Waals surface area contributed by atoms with Crippen molar-refractivity contribution in [2.45, 2.75) is 39.2 Å². The topological polar surface area (TPSA) is 101 Å². The predicted molar refractivity (Wildman–Crippen MR) is 131 cm³/mol. The van der Waals surface area contributed by atoms with Crippen molar-refractivity contribution >= 4 is 11.8 Å². The van der Waals surface area contributed by atoms with E-state index in [4.69, 9.17) is 17.3 Å². The number of likely N-dealkylation sites (N-methyl/N-ethyl adjacent to an activating group) is 1. The monoisotopic (exact) mass is 486 g/mol. The molecule has 2 aliphatic rings. The maximum atomic E-state index is 11.7. The molecular weight excluding hydrogens is 454 g/mol. The van der Waals surface area contributed by atoms with Gasteiger partial charge in [-0.25, -0.2) is 13.5 Å². The summed E-state index contributed by atoms with van der Waals surface area (Å²) in [4.78, 5) is 23.9. The van der Waals surface area contributed by atoms with E-state index in [9.17, 15) is 18.4 Å². The van der Waals surface area contributed by atoms with Gasteiger partial charge in [-0.15, -0.1) is 19.3 Å². The first-order chi connectivity index (χ1) is 16.6. The Hall–Kier alpha value is -3.69. The molecule has 0 radical (unpaired) electrons. The zero-order chi connectivity index (χ0) is 26.7. The molecule has 3 N–H and O–H groups in total. The Labute approximate surface area is 205 Å². The number of likely N-dealkylation sites (tertiary alicyclic amines) is 1. The van der Waals surface area contributed by atoms with Crippen molar-refractivity contribution in [2.24, 2.45) is 17.6 Å². The molecule has 0 saturated carbocycles. The lowest BCUT2D eigenvalue weighted by Gasteiger charge is -2.26. The summed E-state index contributed by atoms with van der Waals surface area (Å²) in [5.74, 6) is 3.07. The van der Waals surface area contributed by atoms with E-state index < -0.39 is 18.9 Å². The van der Waals surface area contributed by atoms with E-state index >= 15 is 0 Å². The second-order valence-electron chi connectivity index (χ2n) is 8.27. The van der Waals surface area contributed by atoms with Crippen LogP contribution in [-0.4, -0.2) is 58.2 Å². The van der Waals surface area contributed by atoms with Gasteiger partial charge in [-0.05, 0) is 49.3 Å². The highest BCUT2D eigenvalue weighted by atomic mass is 19.3. The van der Waals surface area contributed by atoms with Crippen molar-refractivity contribution in [2.75, 3.05) is 20.5 Å². The van der Waals surface area contributed by atoms with Gasteiger partial charge in [0.2, 0.25) is 6.93 Å². The average Bonchev–Trinajstić information content (AvgIpc) is 3.36. The molecule has 1 aliphatic heterocycles. The van der Waals surface area contributed by atoms with Crippen molar-refractivity contribution in [3.05, 3.63) is 46.8 Å². The second kappa shape index (κ2) is 13.9. The molecule has 0 bridgehead atoms. The lowest BCUT2D eigenvalue weighted by Crippen LogP contribution is -2.24. The van der Waals surface area contributed by atoms with Crippen LogP contribution in [0.1, 0.15) is 47.6 Å². The fourth-order valence-electron chi connectivity index (χ4n) is 3.88. The van der Waals surface area contributed by atoms with Crippen molar-refractivity contribution in [1.82, 2.24) is 14.7 Å². The molecule has 1 saturated heterocycles. The number of benzene rings is 1. The summed E-state index contributed by atoms with van der Waals surface area (Å²) in [6, 6.07) is 7.62. The lowest BCUT2D eigenvalue weighted by atomic mass is 9.80. The van der Waals surface area contributed by atoms with Crippen molar-refractivity contribution in [3.63, 3.8) is 0 Å². The molecule has 2 amide bonds. The van der Waals surface area contributed by atoms with Crippen molar-refractivity contribution < 1.29 is 23.5 Å². The van der Waals surface area contributed by atoms with Gasteiger partial charge in [-0.1, -0.05) is 25.8 Å². The average molecular weight is 487 g/mol. The first kappa shape index (κ1) is 29.3. The van der Waals surface area contributed by atoms with E-state index in [1.165, 1.54) is 4.90 Å². The van der Waals surface area contributed by atoms with Crippen LogP contribution >= 0.6 is 0 Å². The van der Waals surface area contributed by atoms with E-state index in [-0.39, 0.29) is 5.91 Å². The van der Waals surface area contributed by atoms with Gasteiger partial charge in [-0.3, -0.25) is 9.59 Å². The highest BCUT2D eigenvalue weighted by molar-refractivity contribution is 5.92. The van der Waals surface area contributed by atoms with Gasteiger partial charge in [0, 0.05) is 30.4 Å². The number of primary amides is 1. The number of carbonyl (C=O) groups excluding carboxylic acids is 2. The number of carbonyl (C=O) groups is 2. The zero-order valence-corrected chi connectivity index (χ0v) is 20.2. The molecule has 2 heterocycles. The minimum Gasteiger partial charge on any atom is -0.383 e. The Balaban J connectivity index is 0.000000391. The zero-order valence-electron chi connectivity index (χ0n) is 20.2. The number of halogens is 2. The summed E-state index contributed by atoms with van der Waals surface area (Å²) in [5.41, 5.74) is 9.64. The molecule has 4 rings (SSSR count). The third-order valence-corrected chi connectivity index (χ3v) is 5.99. The van der Waals surface area contributed by atoms with E-state index in [1.807, 2.05) is 28.9 Å². The fraction of sp³-hybridized carbons (Fsp3) is 0.423. The van der Waals surface area contributed by atoms with Crippen LogP contribution in [0.2, 0.25) is 0 Å². The Morgan fingerprint density at radius 1 is 1.26 bits per heavy atom. The fourth-order valence-corrected chi connectivity index (χ4v) is 3.88. The molecule has 35 heavy (non-hydrogen) atoms. The number of rotatable bonds is 2. The summed E-state index contributed by atoms with van der Waals surface area (Å²) < 4.78 is 21.1. The number of hydrogen-bond donors (Lipinski definition) is 2.